The minimum absolute atomic E-state index is 0.00203. The molecule has 0 radical (unpaired) electrons. The normalized spacial score (nSPS) is 15.2. The second-order valence-electron chi connectivity index (χ2n) is 7.51. The zero-order valence-electron chi connectivity index (χ0n) is 17.8. The topological polar surface area (TPSA) is 96.0 Å². The first-order chi connectivity index (χ1) is 14.7. The standard InChI is InChI=1S/C21H27N3O5S2/c1-15(20(25)22-14-16-7-6-12-30-16)29-21(26)18-13-17(31(27,28)23(2)3)8-9-19(18)24-10-4-5-11-24/h6-9,12-13,15H,4-5,10-11,14H2,1-3H3,(H,22,25). The van der Waals surface area contributed by atoms with Crippen LogP contribution in [0.15, 0.2) is 40.6 Å². The summed E-state index contributed by atoms with van der Waals surface area (Å²) in [5.74, 6) is -1.14. The molecule has 1 amide bonds. The summed E-state index contributed by atoms with van der Waals surface area (Å²) in [7, 11) is -0.858. The molecule has 2 aromatic rings. The first kappa shape index (κ1) is 23.2. The Hall–Kier alpha value is -2.43. The molecule has 1 aliphatic heterocycles. The number of hydrogen-bond donors (Lipinski definition) is 1. The number of anilines is 1. The van der Waals surface area contributed by atoms with Crippen LogP contribution in [0.5, 0.6) is 0 Å². The predicted molar refractivity (Wildman–Crippen MR) is 120 cm³/mol. The number of benzene rings is 1. The number of hydrogen-bond acceptors (Lipinski definition) is 7. The summed E-state index contributed by atoms with van der Waals surface area (Å²) in [5.41, 5.74) is 0.758. The van der Waals surface area contributed by atoms with Gasteiger partial charge in [0.05, 0.1) is 22.7 Å². The lowest BCUT2D eigenvalue weighted by Gasteiger charge is -2.23. The van der Waals surface area contributed by atoms with Crippen molar-refractivity contribution in [1.29, 1.82) is 0 Å². The number of thiophene rings is 1. The van der Waals surface area contributed by atoms with Gasteiger partial charge in [-0.1, -0.05) is 6.07 Å². The van der Waals surface area contributed by atoms with E-state index in [4.69, 9.17) is 4.74 Å². The Morgan fingerprint density at radius 1 is 1.23 bits per heavy atom. The highest BCUT2D eigenvalue weighted by Crippen LogP contribution is 2.29. The molecule has 1 aromatic carbocycles. The molecule has 1 atom stereocenters. The maximum Gasteiger partial charge on any atom is 0.341 e. The summed E-state index contributed by atoms with van der Waals surface area (Å²) < 4.78 is 31.6. The van der Waals surface area contributed by atoms with Crippen molar-refractivity contribution in [2.45, 2.75) is 37.3 Å². The molecule has 2 heterocycles. The maximum absolute atomic E-state index is 13.0. The molecular weight excluding hydrogens is 438 g/mol. The third-order valence-electron chi connectivity index (χ3n) is 5.08. The van der Waals surface area contributed by atoms with E-state index in [2.05, 4.69) is 5.32 Å². The number of ether oxygens (including phenoxy) is 1. The second kappa shape index (κ2) is 9.80. The van der Waals surface area contributed by atoms with Gasteiger partial charge in [-0.3, -0.25) is 4.79 Å². The predicted octanol–water partition coefficient (Wildman–Crippen LogP) is 2.46. The molecule has 0 aliphatic carbocycles. The van der Waals surface area contributed by atoms with E-state index in [9.17, 15) is 18.0 Å². The van der Waals surface area contributed by atoms with Gasteiger partial charge in [0.2, 0.25) is 10.0 Å². The Morgan fingerprint density at radius 3 is 2.55 bits per heavy atom. The molecule has 8 nitrogen and oxygen atoms in total. The fourth-order valence-electron chi connectivity index (χ4n) is 3.29. The van der Waals surface area contributed by atoms with Crippen molar-refractivity contribution >= 4 is 38.9 Å². The van der Waals surface area contributed by atoms with Crippen molar-refractivity contribution < 1.29 is 22.7 Å². The molecule has 1 N–H and O–H groups in total. The Labute approximate surface area is 186 Å². The number of nitrogens with zero attached hydrogens (tertiary/aromatic N) is 2. The average Bonchev–Trinajstić information content (AvgIpc) is 3.45. The van der Waals surface area contributed by atoms with Gasteiger partial charge in [-0.2, -0.15) is 0 Å². The number of carbonyl (C=O) groups excluding carboxylic acids is 2. The minimum Gasteiger partial charge on any atom is -0.449 e. The first-order valence-electron chi connectivity index (χ1n) is 10.0. The van der Waals surface area contributed by atoms with Gasteiger partial charge in [0, 0.05) is 32.1 Å². The van der Waals surface area contributed by atoms with Crippen LogP contribution in [0.2, 0.25) is 0 Å². The zero-order valence-corrected chi connectivity index (χ0v) is 19.5. The van der Waals surface area contributed by atoms with Crippen LogP contribution < -0.4 is 10.2 Å². The lowest BCUT2D eigenvalue weighted by molar-refractivity contribution is -0.129. The van der Waals surface area contributed by atoms with Crippen LogP contribution in [0.3, 0.4) is 0 Å². The largest absolute Gasteiger partial charge is 0.449 e. The summed E-state index contributed by atoms with van der Waals surface area (Å²) >= 11 is 1.52. The van der Waals surface area contributed by atoms with Gasteiger partial charge in [0.15, 0.2) is 6.10 Å². The van der Waals surface area contributed by atoms with E-state index < -0.39 is 28.0 Å². The highest BCUT2D eigenvalue weighted by molar-refractivity contribution is 7.89. The number of rotatable bonds is 8. The van der Waals surface area contributed by atoms with E-state index in [0.717, 1.165) is 35.1 Å². The van der Waals surface area contributed by atoms with Gasteiger partial charge in [-0.05, 0) is 49.4 Å². The molecule has 31 heavy (non-hydrogen) atoms. The van der Waals surface area contributed by atoms with Crippen LogP contribution in [0.25, 0.3) is 0 Å². The molecule has 0 bridgehead atoms. The van der Waals surface area contributed by atoms with E-state index in [-0.39, 0.29) is 10.5 Å². The molecular formula is C21H27N3O5S2. The van der Waals surface area contributed by atoms with Crippen molar-refractivity contribution in [2.24, 2.45) is 0 Å². The second-order valence-corrected chi connectivity index (χ2v) is 10.7. The summed E-state index contributed by atoms with van der Waals surface area (Å²) in [6, 6.07) is 8.27. The third-order valence-corrected chi connectivity index (χ3v) is 7.77. The summed E-state index contributed by atoms with van der Waals surface area (Å²) in [6.07, 6.45) is 0.967. The zero-order chi connectivity index (χ0) is 22.6. The number of sulfonamides is 1. The van der Waals surface area contributed by atoms with Crippen LogP contribution in [0.1, 0.15) is 35.0 Å². The Kier molecular flexibility index (Phi) is 7.34. The van der Waals surface area contributed by atoms with Crippen molar-refractivity contribution in [3.8, 4) is 0 Å². The Morgan fingerprint density at radius 2 is 1.94 bits per heavy atom. The van der Waals surface area contributed by atoms with Gasteiger partial charge < -0.3 is 15.0 Å². The van der Waals surface area contributed by atoms with Crippen molar-refractivity contribution in [3.63, 3.8) is 0 Å². The summed E-state index contributed by atoms with van der Waals surface area (Å²) in [6.45, 7) is 3.40. The monoisotopic (exact) mass is 465 g/mol. The van der Waals surface area contributed by atoms with E-state index in [1.54, 1.807) is 6.07 Å². The fraction of sp³-hybridized carbons (Fsp3) is 0.429. The quantitative estimate of drug-likeness (QED) is 0.602. The number of amides is 1. The van der Waals surface area contributed by atoms with Gasteiger partial charge in [0.1, 0.15) is 0 Å². The molecule has 1 aromatic heterocycles. The van der Waals surface area contributed by atoms with Gasteiger partial charge in [-0.15, -0.1) is 11.3 Å². The van der Waals surface area contributed by atoms with E-state index in [1.165, 1.54) is 44.5 Å². The van der Waals surface area contributed by atoms with Crippen molar-refractivity contribution in [2.75, 3.05) is 32.1 Å². The van der Waals surface area contributed by atoms with Crippen LogP contribution in [-0.2, 0) is 26.1 Å². The first-order valence-corrected chi connectivity index (χ1v) is 12.3. The van der Waals surface area contributed by atoms with Crippen molar-refractivity contribution in [1.82, 2.24) is 9.62 Å². The molecule has 1 unspecified atom stereocenters. The molecule has 10 heteroatoms. The smallest absolute Gasteiger partial charge is 0.341 e. The third kappa shape index (κ3) is 5.44. The number of esters is 1. The highest BCUT2D eigenvalue weighted by Gasteiger charge is 2.27. The van der Waals surface area contributed by atoms with Gasteiger partial charge in [0.25, 0.3) is 5.91 Å². The molecule has 3 rings (SSSR count). The minimum atomic E-state index is -3.72. The Balaban J connectivity index is 1.80. The van der Waals surface area contributed by atoms with E-state index in [0.29, 0.717) is 12.2 Å². The van der Waals surface area contributed by atoms with E-state index >= 15 is 0 Å². The maximum atomic E-state index is 13.0. The van der Waals surface area contributed by atoms with Crippen LogP contribution >= 0.6 is 11.3 Å². The summed E-state index contributed by atoms with van der Waals surface area (Å²) in [4.78, 5) is 28.4. The lowest BCUT2D eigenvalue weighted by atomic mass is 10.1. The number of nitrogens with one attached hydrogen (secondary N) is 1. The van der Waals surface area contributed by atoms with Crippen LogP contribution in [-0.4, -0.2) is 57.9 Å². The van der Waals surface area contributed by atoms with Gasteiger partial charge >= 0.3 is 5.97 Å². The van der Waals surface area contributed by atoms with E-state index in [1.807, 2.05) is 22.4 Å². The SMILES string of the molecule is CC(OC(=O)c1cc(S(=O)(=O)N(C)C)ccc1N1CCCC1)C(=O)NCc1cccs1. The highest BCUT2D eigenvalue weighted by atomic mass is 32.2. The van der Waals surface area contributed by atoms with Crippen molar-refractivity contribution in [3.05, 3.63) is 46.2 Å². The molecule has 168 valence electrons. The molecule has 0 spiro atoms. The lowest BCUT2D eigenvalue weighted by Crippen LogP contribution is -2.35. The average molecular weight is 466 g/mol. The fourth-order valence-corrected chi connectivity index (χ4v) is 4.87. The van der Waals surface area contributed by atoms with Crippen LogP contribution in [0.4, 0.5) is 5.69 Å². The van der Waals surface area contributed by atoms with Gasteiger partial charge in [-0.25, -0.2) is 17.5 Å². The Bertz CT molecular complexity index is 1030. The molecule has 0 saturated carbocycles. The number of carbonyl (C=O) groups is 2. The summed E-state index contributed by atoms with van der Waals surface area (Å²) in [5, 5.41) is 4.66. The molecule has 1 fully saturated rings. The molecule has 1 saturated heterocycles. The molecule has 1 aliphatic rings. The van der Waals surface area contributed by atoms with Crippen LogP contribution in [0, 0.1) is 0 Å².